The lowest BCUT2D eigenvalue weighted by molar-refractivity contribution is 0.101. The van der Waals surface area contributed by atoms with Crippen LogP contribution in [0, 0.1) is 11.3 Å². The SMILES string of the molecule is CCOc1c(C(F)F)ccc(C#N)c1C(C)=O. The first-order valence-electron chi connectivity index (χ1n) is 5.01. The molecule has 0 heterocycles. The number of rotatable bonds is 4. The molecule has 0 radical (unpaired) electrons. The number of benzene rings is 1. The van der Waals surface area contributed by atoms with Crippen LogP contribution < -0.4 is 4.74 Å². The molecular formula is C12H11F2NO2. The van der Waals surface area contributed by atoms with Gasteiger partial charge in [-0.1, -0.05) is 0 Å². The molecule has 1 aromatic carbocycles. The topological polar surface area (TPSA) is 50.1 Å². The van der Waals surface area contributed by atoms with E-state index in [2.05, 4.69) is 0 Å². The van der Waals surface area contributed by atoms with Crippen molar-refractivity contribution >= 4 is 5.78 Å². The molecule has 3 nitrogen and oxygen atoms in total. The highest BCUT2D eigenvalue weighted by Crippen LogP contribution is 2.34. The van der Waals surface area contributed by atoms with Crippen molar-refractivity contribution in [2.45, 2.75) is 20.3 Å². The molecule has 0 aliphatic heterocycles. The Bertz CT molecular complexity index is 478. The standard InChI is InChI=1S/C12H11F2NO2/c1-3-17-11-9(12(13)14)5-4-8(6-15)10(11)7(2)16/h4-5,12H,3H2,1-2H3. The third kappa shape index (κ3) is 2.59. The third-order valence-corrected chi connectivity index (χ3v) is 2.18. The second-order valence-electron chi connectivity index (χ2n) is 3.31. The Morgan fingerprint density at radius 1 is 1.53 bits per heavy atom. The Morgan fingerprint density at radius 3 is 2.59 bits per heavy atom. The molecule has 1 rings (SSSR count). The first-order valence-corrected chi connectivity index (χ1v) is 5.01. The van der Waals surface area contributed by atoms with E-state index in [4.69, 9.17) is 10.00 Å². The first-order chi connectivity index (χ1) is 8.02. The molecule has 0 N–H and O–H groups in total. The second kappa shape index (κ2) is 5.39. The number of nitriles is 1. The predicted molar refractivity (Wildman–Crippen MR) is 57.3 cm³/mol. The maximum absolute atomic E-state index is 12.8. The van der Waals surface area contributed by atoms with E-state index in [1.807, 2.05) is 0 Å². The molecule has 0 unspecified atom stereocenters. The van der Waals surface area contributed by atoms with Crippen LogP contribution in [0.5, 0.6) is 5.75 Å². The van der Waals surface area contributed by atoms with E-state index in [0.717, 1.165) is 6.07 Å². The minimum atomic E-state index is -2.75. The van der Waals surface area contributed by atoms with E-state index in [0.29, 0.717) is 0 Å². The van der Waals surface area contributed by atoms with Crippen molar-refractivity contribution in [3.05, 3.63) is 28.8 Å². The van der Waals surface area contributed by atoms with Crippen molar-refractivity contribution in [3.63, 3.8) is 0 Å². The molecule has 0 aromatic heterocycles. The largest absolute Gasteiger partial charge is 0.493 e. The van der Waals surface area contributed by atoms with E-state index in [9.17, 15) is 13.6 Å². The quantitative estimate of drug-likeness (QED) is 0.758. The average Bonchev–Trinajstić information content (AvgIpc) is 2.27. The van der Waals surface area contributed by atoms with Crippen molar-refractivity contribution in [3.8, 4) is 11.8 Å². The normalized spacial score (nSPS) is 10.1. The number of hydrogen-bond donors (Lipinski definition) is 0. The number of carbonyl (C=O) groups is 1. The zero-order valence-electron chi connectivity index (χ0n) is 9.46. The van der Waals surface area contributed by atoms with Gasteiger partial charge in [-0.2, -0.15) is 5.26 Å². The van der Waals surface area contributed by atoms with Crippen LogP contribution in [0.1, 0.15) is 41.8 Å². The summed E-state index contributed by atoms with van der Waals surface area (Å²) in [6.07, 6.45) is -2.75. The fourth-order valence-corrected chi connectivity index (χ4v) is 1.51. The molecule has 1 aromatic rings. The minimum absolute atomic E-state index is 0.0466. The van der Waals surface area contributed by atoms with Gasteiger partial charge in [-0.25, -0.2) is 8.78 Å². The van der Waals surface area contributed by atoms with E-state index >= 15 is 0 Å². The summed E-state index contributed by atoms with van der Waals surface area (Å²) in [7, 11) is 0. The number of ether oxygens (including phenoxy) is 1. The van der Waals surface area contributed by atoms with Gasteiger partial charge in [-0.15, -0.1) is 0 Å². The molecule has 0 aliphatic carbocycles. The van der Waals surface area contributed by atoms with Gasteiger partial charge in [-0.05, 0) is 26.0 Å². The molecular weight excluding hydrogens is 228 g/mol. The third-order valence-electron chi connectivity index (χ3n) is 2.18. The minimum Gasteiger partial charge on any atom is -0.493 e. The fourth-order valence-electron chi connectivity index (χ4n) is 1.51. The van der Waals surface area contributed by atoms with Crippen LogP contribution >= 0.6 is 0 Å². The first kappa shape index (κ1) is 13.1. The van der Waals surface area contributed by atoms with Crippen LogP contribution in [-0.2, 0) is 0 Å². The summed E-state index contributed by atoms with van der Waals surface area (Å²) in [6, 6.07) is 4.12. The maximum Gasteiger partial charge on any atom is 0.267 e. The molecule has 0 amide bonds. The predicted octanol–water partition coefficient (Wildman–Crippen LogP) is 3.10. The smallest absolute Gasteiger partial charge is 0.267 e. The van der Waals surface area contributed by atoms with Crippen molar-refractivity contribution in [1.29, 1.82) is 5.26 Å². The molecule has 0 saturated carbocycles. The van der Waals surface area contributed by atoms with E-state index in [-0.39, 0.29) is 29.0 Å². The van der Waals surface area contributed by atoms with Gasteiger partial charge in [0.2, 0.25) is 0 Å². The Labute approximate surface area is 97.6 Å². The molecule has 0 aliphatic rings. The molecule has 0 bridgehead atoms. The average molecular weight is 239 g/mol. The highest BCUT2D eigenvalue weighted by molar-refractivity contribution is 5.99. The lowest BCUT2D eigenvalue weighted by Crippen LogP contribution is -2.07. The molecule has 17 heavy (non-hydrogen) atoms. The summed E-state index contributed by atoms with van der Waals surface area (Å²) in [5.74, 6) is -0.651. The summed E-state index contributed by atoms with van der Waals surface area (Å²) in [5.41, 5.74) is -0.395. The van der Waals surface area contributed by atoms with Gasteiger partial charge in [0.25, 0.3) is 6.43 Å². The van der Waals surface area contributed by atoms with Crippen LogP contribution in [0.2, 0.25) is 0 Å². The lowest BCUT2D eigenvalue weighted by atomic mass is 10.00. The Balaban J connectivity index is 3.54. The highest BCUT2D eigenvalue weighted by atomic mass is 19.3. The summed E-state index contributed by atoms with van der Waals surface area (Å²) < 4.78 is 30.6. The lowest BCUT2D eigenvalue weighted by Gasteiger charge is -2.14. The van der Waals surface area contributed by atoms with E-state index in [1.54, 1.807) is 13.0 Å². The monoisotopic (exact) mass is 239 g/mol. The summed E-state index contributed by atoms with van der Waals surface area (Å²) >= 11 is 0. The molecule has 0 atom stereocenters. The van der Waals surface area contributed by atoms with Gasteiger partial charge < -0.3 is 4.74 Å². The zero-order chi connectivity index (χ0) is 13.0. The molecule has 0 fully saturated rings. The van der Waals surface area contributed by atoms with Crippen LogP contribution in [0.25, 0.3) is 0 Å². The number of nitrogens with zero attached hydrogens (tertiary/aromatic N) is 1. The molecule has 0 saturated heterocycles. The Hall–Kier alpha value is -1.96. The number of Topliss-reactive ketones (excluding diaryl/α,β-unsaturated/α-hetero) is 1. The van der Waals surface area contributed by atoms with E-state index < -0.39 is 12.2 Å². The molecule has 90 valence electrons. The van der Waals surface area contributed by atoms with Crippen molar-refractivity contribution in [2.75, 3.05) is 6.61 Å². The van der Waals surface area contributed by atoms with Gasteiger partial charge in [0.15, 0.2) is 5.78 Å². The number of alkyl halides is 2. The van der Waals surface area contributed by atoms with E-state index in [1.165, 1.54) is 13.0 Å². The maximum atomic E-state index is 12.8. The summed E-state index contributed by atoms with van der Waals surface area (Å²) in [4.78, 5) is 11.4. The van der Waals surface area contributed by atoms with Gasteiger partial charge in [0, 0.05) is 0 Å². The summed E-state index contributed by atoms with van der Waals surface area (Å²) in [5, 5.41) is 8.84. The highest BCUT2D eigenvalue weighted by Gasteiger charge is 2.22. The Kier molecular flexibility index (Phi) is 4.16. The Morgan fingerprint density at radius 2 is 2.18 bits per heavy atom. The van der Waals surface area contributed by atoms with Gasteiger partial charge in [0.1, 0.15) is 11.8 Å². The van der Waals surface area contributed by atoms with Gasteiger partial charge >= 0.3 is 0 Å². The zero-order valence-corrected chi connectivity index (χ0v) is 9.46. The van der Waals surface area contributed by atoms with Crippen molar-refractivity contribution in [2.24, 2.45) is 0 Å². The second-order valence-corrected chi connectivity index (χ2v) is 3.31. The summed E-state index contributed by atoms with van der Waals surface area (Å²) in [6.45, 7) is 2.99. The number of hydrogen-bond acceptors (Lipinski definition) is 3. The number of ketones is 1. The fraction of sp³-hybridized carbons (Fsp3) is 0.333. The van der Waals surface area contributed by atoms with Crippen LogP contribution in [0.4, 0.5) is 8.78 Å². The molecule has 5 heteroatoms. The van der Waals surface area contributed by atoms with Crippen molar-refractivity contribution < 1.29 is 18.3 Å². The van der Waals surface area contributed by atoms with Crippen molar-refractivity contribution in [1.82, 2.24) is 0 Å². The van der Waals surface area contributed by atoms with Gasteiger partial charge in [0.05, 0.1) is 23.3 Å². The molecule has 0 spiro atoms. The number of carbonyl (C=O) groups excluding carboxylic acids is 1. The van der Waals surface area contributed by atoms with Crippen LogP contribution in [-0.4, -0.2) is 12.4 Å². The number of halogens is 2. The van der Waals surface area contributed by atoms with Crippen LogP contribution in [0.15, 0.2) is 12.1 Å². The van der Waals surface area contributed by atoms with Crippen LogP contribution in [0.3, 0.4) is 0 Å². The van der Waals surface area contributed by atoms with Gasteiger partial charge in [-0.3, -0.25) is 4.79 Å².